The van der Waals surface area contributed by atoms with Crippen molar-refractivity contribution in [2.45, 2.75) is 6.92 Å². The van der Waals surface area contributed by atoms with Gasteiger partial charge in [0.2, 0.25) is 5.89 Å². The molecule has 2 aromatic heterocycles. The number of hydrogen-bond acceptors (Lipinski definition) is 6. The molecule has 0 bridgehead atoms. The van der Waals surface area contributed by atoms with Gasteiger partial charge in [-0.2, -0.15) is 0 Å². The summed E-state index contributed by atoms with van der Waals surface area (Å²) in [4.78, 5) is 28.3. The first-order valence-electron chi connectivity index (χ1n) is 4.46. The molecule has 0 saturated carbocycles. The number of nitrogens with one attached hydrogen (secondary N) is 2. The van der Waals surface area contributed by atoms with Crippen molar-refractivity contribution >= 4 is 17.9 Å². The van der Waals surface area contributed by atoms with Crippen LogP contribution in [0, 0.1) is 6.92 Å². The van der Waals surface area contributed by atoms with E-state index in [-0.39, 0.29) is 23.3 Å². The Labute approximate surface area is 93.9 Å². The summed E-state index contributed by atoms with van der Waals surface area (Å²) in [6, 6.07) is -0.119. The number of nitrogens with zero attached hydrogens (tertiary/aromatic N) is 3. The van der Waals surface area contributed by atoms with Gasteiger partial charge in [0.15, 0.2) is 11.4 Å². The van der Waals surface area contributed by atoms with E-state index in [1.54, 1.807) is 6.92 Å². The molecule has 1 amide bonds. The number of carboxylic acids is 1. The minimum absolute atomic E-state index is 0.119. The molecule has 9 heteroatoms. The fourth-order valence-corrected chi connectivity index (χ4v) is 1.13. The predicted octanol–water partition coefficient (Wildman–Crippen LogP) is 0.0516. The number of amides is 1. The Morgan fingerprint density at radius 1 is 1.47 bits per heavy atom. The van der Waals surface area contributed by atoms with Gasteiger partial charge < -0.3 is 14.5 Å². The molecular weight excluding hydrogens is 230 g/mol. The second-order valence-electron chi connectivity index (χ2n) is 3.01. The molecule has 2 heterocycles. The zero-order valence-corrected chi connectivity index (χ0v) is 8.59. The molecule has 0 unspecified atom stereocenters. The Kier molecular flexibility index (Phi) is 2.57. The van der Waals surface area contributed by atoms with Crippen molar-refractivity contribution in [3.63, 3.8) is 0 Å². The van der Waals surface area contributed by atoms with E-state index in [9.17, 15) is 9.59 Å². The average Bonchev–Trinajstić information content (AvgIpc) is 2.86. The number of carboxylic acid groups (broad SMARTS) is 1. The van der Waals surface area contributed by atoms with Crippen LogP contribution in [-0.4, -0.2) is 37.1 Å². The zero-order chi connectivity index (χ0) is 12.4. The number of aromatic carboxylic acids is 1. The third-order valence-corrected chi connectivity index (χ3v) is 1.81. The van der Waals surface area contributed by atoms with Crippen molar-refractivity contribution in [2.75, 3.05) is 5.32 Å². The molecule has 0 aromatic carbocycles. The Bertz CT molecular complexity index is 572. The van der Waals surface area contributed by atoms with Crippen LogP contribution in [-0.2, 0) is 0 Å². The SMILES string of the molecule is Cc1nnc(NC(=O)c2nc[nH]c2C(=O)O)o1. The van der Waals surface area contributed by atoms with Crippen LogP contribution in [0.1, 0.15) is 26.9 Å². The second-order valence-corrected chi connectivity index (χ2v) is 3.01. The molecule has 0 saturated heterocycles. The highest BCUT2D eigenvalue weighted by Gasteiger charge is 2.21. The van der Waals surface area contributed by atoms with Crippen molar-refractivity contribution in [3.05, 3.63) is 23.6 Å². The highest BCUT2D eigenvalue weighted by atomic mass is 16.4. The number of aromatic nitrogens is 4. The van der Waals surface area contributed by atoms with Crippen LogP contribution in [0.3, 0.4) is 0 Å². The number of aryl methyl sites for hydroxylation is 1. The summed E-state index contributed by atoms with van der Waals surface area (Å²) < 4.78 is 4.91. The van der Waals surface area contributed by atoms with Gasteiger partial charge >= 0.3 is 12.0 Å². The van der Waals surface area contributed by atoms with Gasteiger partial charge in [0, 0.05) is 6.92 Å². The quantitative estimate of drug-likeness (QED) is 0.686. The number of rotatable bonds is 3. The monoisotopic (exact) mass is 237 g/mol. The van der Waals surface area contributed by atoms with Gasteiger partial charge in [-0.3, -0.25) is 10.1 Å². The highest BCUT2D eigenvalue weighted by Crippen LogP contribution is 2.08. The van der Waals surface area contributed by atoms with Crippen molar-refractivity contribution in [3.8, 4) is 0 Å². The summed E-state index contributed by atoms with van der Waals surface area (Å²) in [5.74, 6) is -1.75. The first kappa shape index (κ1) is 10.8. The molecule has 0 atom stereocenters. The third-order valence-electron chi connectivity index (χ3n) is 1.81. The molecule has 3 N–H and O–H groups in total. The predicted molar refractivity (Wildman–Crippen MR) is 52.5 cm³/mol. The molecule has 0 aliphatic rings. The van der Waals surface area contributed by atoms with E-state index in [2.05, 4.69) is 25.5 Å². The van der Waals surface area contributed by atoms with Crippen LogP contribution in [0.5, 0.6) is 0 Å². The molecular formula is C8H7N5O4. The van der Waals surface area contributed by atoms with Gasteiger partial charge in [-0.1, -0.05) is 5.10 Å². The molecule has 0 aliphatic carbocycles. The average molecular weight is 237 g/mol. The van der Waals surface area contributed by atoms with E-state index >= 15 is 0 Å². The second kappa shape index (κ2) is 4.04. The van der Waals surface area contributed by atoms with E-state index in [1.165, 1.54) is 0 Å². The summed E-state index contributed by atoms with van der Waals surface area (Å²) in [6.07, 6.45) is 1.11. The largest absolute Gasteiger partial charge is 0.477 e. The minimum atomic E-state index is -1.28. The summed E-state index contributed by atoms with van der Waals surface area (Å²) >= 11 is 0. The lowest BCUT2D eigenvalue weighted by Crippen LogP contribution is -2.16. The van der Waals surface area contributed by atoms with Gasteiger partial charge in [0.1, 0.15) is 0 Å². The van der Waals surface area contributed by atoms with Crippen LogP contribution in [0.4, 0.5) is 6.01 Å². The van der Waals surface area contributed by atoms with Crippen molar-refractivity contribution in [1.29, 1.82) is 0 Å². The molecule has 0 fully saturated rings. The van der Waals surface area contributed by atoms with Crippen LogP contribution < -0.4 is 5.32 Å². The molecule has 2 aromatic rings. The summed E-state index contributed by atoms with van der Waals surface area (Å²) in [6.45, 7) is 1.56. The maximum Gasteiger partial charge on any atom is 0.354 e. The number of aromatic amines is 1. The smallest absolute Gasteiger partial charge is 0.354 e. The molecule has 0 aliphatic heterocycles. The van der Waals surface area contributed by atoms with Crippen LogP contribution in [0.2, 0.25) is 0 Å². The van der Waals surface area contributed by atoms with Gasteiger partial charge in [0.25, 0.3) is 5.91 Å². The third kappa shape index (κ3) is 2.12. The molecule has 0 radical (unpaired) electrons. The maximum absolute atomic E-state index is 11.6. The lowest BCUT2D eigenvalue weighted by atomic mass is 10.3. The number of H-pyrrole nitrogens is 1. The van der Waals surface area contributed by atoms with Crippen molar-refractivity contribution < 1.29 is 19.1 Å². The Balaban J connectivity index is 2.20. The summed E-state index contributed by atoms with van der Waals surface area (Å²) in [5, 5.41) is 18.0. The topological polar surface area (TPSA) is 134 Å². The fourth-order valence-electron chi connectivity index (χ4n) is 1.13. The van der Waals surface area contributed by atoms with Gasteiger partial charge in [-0.15, -0.1) is 5.10 Å². The molecule has 9 nitrogen and oxygen atoms in total. The standard InChI is InChI=1S/C8H7N5O4/c1-3-12-13-8(17-3)11-6(14)4-5(7(15)16)10-2-9-4/h2H,1H3,(H,9,10)(H,15,16)(H,11,13,14). The van der Waals surface area contributed by atoms with E-state index in [0.717, 1.165) is 6.33 Å². The summed E-state index contributed by atoms with van der Waals surface area (Å²) in [5.41, 5.74) is -0.563. The molecule has 0 spiro atoms. The van der Waals surface area contributed by atoms with Crippen molar-refractivity contribution in [2.24, 2.45) is 0 Å². The Morgan fingerprint density at radius 2 is 2.24 bits per heavy atom. The lowest BCUT2D eigenvalue weighted by molar-refractivity contribution is 0.0686. The van der Waals surface area contributed by atoms with E-state index in [0.29, 0.717) is 0 Å². The number of hydrogen-bond donors (Lipinski definition) is 3. The fraction of sp³-hybridized carbons (Fsp3) is 0.125. The number of imidazole rings is 1. The molecule has 17 heavy (non-hydrogen) atoms. The first-order valence-corrected chi connectivity index (χ1v) is 4.46. The van der Waals surface area contributed by atoms with E-state index in [1.807, 2.05) is 0 Å². The summed E-state index contributed by atoms with van der Waals surface area (Å²) in [7, 11) is 0. The van der Waals surface area contributed by atoms with E-state index < -0.39 is 11.9 Å². The minimum Gasteiger partial charge on any atom is -0.477 e. The van der Waals surface area contributed by atoms with Gasteiger partial charge in [-0.05, 0) is 0 Å². The number of carbonyl (C=O) groups excluding carboxylic acids is 1. The van der Waals surface area contributed by atoms with Crippen LogP contribution in [0.15, 0.2) is 10.7 Å². The lowest BCUT2D eigenvalue weighted by Gasteiger charge is -1.97. The van der Waals surface area contributed by atoms with Gasteiger partial charge in [-0.25, -0.2) is 9.78 Å². The number of anilines is 1. The van der Waals surface area contributed by atoms with Crippen LogP contribution in [0.25, 0.3) is 0 Å². The Hall–Kier alpha value is -2.71. The van der Waals surface area contributed by atoms with Crippen LogP contribution >= 0.6 is 0 Å². The Morgan fingerprint density at radius 3 is 2.82 bits per heavy atom. The molecule has 88 valence electrons. The maximum atomic E-state index is 11.6. The highest BCUT2D eigenvalue weighted by molar-refractivity contribution is 6.07. The number of carbonyl (C=O) groups is 2. The van der Waals surface area contributed by atoms with E-state index in [4.69, 9.17) is 9.52 Å². The zero-order valence-electron chi connectivity index (χ0n) is 8.59. The molecule has 2 rings (SSSR count). The normalized spacial score (nSPS) is 10.2. The first-order chi connectivity index (χ1) is 8.08. The van der Waals surface area contributed by atoms with Gasteiger partial charge in [0.05, 0.1) is 6.33 Å². The van der Waals surface area contributed by atoms with Crippen molar-refractivity contribution in [1.82, 2.24) is 20.2 Å².